The first-order chi connectivity index (χ1) is 13.0. The lowest BCUT2D eigenvalue weighted by Gasteiger charge is -2.34. The SMILES string of the molecule is C=C1CC(CCC(O)CC2c3c(F)cccc3-c3cncn32)CC(C)C1C. The summed E-state index contributed by atoms with van der Waals surface area (Å²) in [5, 5.41) is 10.7. The number of nitrogens with zero attached hydrogens (tertiary/aromatic N) is 2. The zero-order chi connectivity index (χ0) is 19.1. The zero-order valence-corrected chi connectivity index (χ0v) is 16.2. The van der Waals surface area contributed by atoms with Crippen molar-refractivity contribution < 1.29 is 9.50 Å². The Hall–Kier alpha value is -1.94. The van der Waals surface area contributed by atoms with E-state index in [2.05, 4.69) is 25.4 Å². The van der Waals surface area contributed by atoms with Gasteiger partial charge in [-0.15, -0.1) is 0 Å². The van der Waals surface area contributed by atoms with E-state index in [1.54, 1.807) is 18.6 Å². The van der Waals surface area contributed by atoms with E-state index in [9.17, 15) is 9.50 Å². The molecule has 0 radical (unpaired) electrons. The van der Waals surface area contributed by atoms with Crippen molar-refractivity contribution in [3.63, 3.8) is 0 Å². The normalized spacial score (nSPS) is 28.1. The number of halogens is 1. The third-order valence-electron chi connectivity index (χ3n) is 6.82. The van der Waals surface area contributed by atoms with Gasteiger partial charge < -0.3 is 9.67 Å². The minimum atomic E-state index is -0.446. The molecular formula is C23H29FN2O. The van der Waals surface area contributed by atoms with Crippen molar-refractivity contribution in [2.24, 2.45) is 17.8 Å². The number of benzene rings is 1. The van der Waals surface area contributed by atoms with Crippen molar-refractivity contribution in [2.45, 2.75) is 58.1 Å². The fourth-order valence-corrected chi connectivity index (χ4v) is 5.03. The fraction of sp³-hybridized carbons (Fsp3) is 0.522. The number of allylic oxidation sites excluding steroid dienone is 1. The number of fused-ring (bicyclic) bond motifs is 3. The van der Waals surface area contributed by atoms with Crippen molar-refractivity contribution in [1.82, 2.24) is 9.55 Å². The molecule has 3 nitrogen and oxygen atoms in total. The van der Waals surface area contributed by atoms with Gasteiger partial charge in [-0.1, -0.05) is 38.1 Å². The lowest BCUT2D eigenvalue weighted by atomic mass is 9.71. The van der Waals surface area contributed by atoms with Crippen LogP contribution in [-0.4, -0.2) is 20.8 Å². The van der Waals surface area contributed by atoms with Crippen LogP contribution < -0.4 is 0 Å². The standard InChI is InChI=1S/C23H29FN2O/c1-14-9-17(10-15(2)16(14)3)7-8-18(27)11-21-23-19(5-4-6-20(23)24)22-12-25-13-26(21)22/h4-6,12-13,15-18,21,27H,1,7-11H2,2-3H3. The van der Waals surface area contributed by atoms with Gasteiger partial charge in [-0.2, -0.15) is 0 Å². The molecule has 1 fully saturated rings. The number of imidazole rings is 1. The average Bonchev–Trinajstić information content (AvgIpc) is 3.21. The van der Waals surface area contributed by atoms with Crippen LogP contribution >= 0.6 is 0 Å². The van der Waals surface area contributed by atoms with Gasteiger partial charge in [0.15, 0.2) is 0 Å². The maximum atomic E-state index is 14.5. The van der Waals surface area contributed by atoms with E-state index in [1.807, 2.05) is 10.6 Å². The first-order valence-corrected chi connectivity index (χ1v) is 10.1. The molecule has 1 N–H and O–H groups in total. The summed E-state index contributed by atoms with van der Waals surface area (Å²) >= 11 is 0. The van der Waals surface area contributed by atoms with E-state index in [-0.39, 0.29) is 11.9 Å². The highest BCUT2D eigenvalue weighted by atomic mass is 19.1. The minimum Gasteiger partial charge on any atom is -0.393 e. The number of hydrogen-bond donors (Lipinski definition) is 1. The summed E-state index contributed by atoms with van der Waals surface area (Å²) in [6.45, 7) is 8.82. The van der Waals surface area contributed by atoms with Crippen molar-refractivity contribution in [2.75, 3.05) is 0 Å². The molecule has 1 aliphatic carbocycles. The molecule has 144 valence electrons. The van der Waals surface area contributed by atoms with E-state index < -0.39 is 6.10 Å². The Kier molecular flexibility index (Phi) is 4.94. The van der Waals surface area contributed by atoms with Crippen LogP contribution in [0.2, 0.25) is 0 Å². The maximum absolute atomic E-state index is 14.5. The third-order valence-corrected chi connectivity index (χ3v) is 6.82. The molecular weight excluding hydrogens is 339 g/mol. The molecule has 1 aliphatic heterocycles. The van der Waals surface area contributed by atoms with Gasteiger partial charge >= 0.3 is 0 Å². The van der Waals surface area contributed by atoms with Gasteiger partial charge in [-0.05, 0) is 55.9 Å². The Morgan fingerprint density at radius 2 is 2.19 bits per heavy atom. The van der Waals surface area contributed by atoms with Crippen LogP contribution in [0.3, 0.4) is 0 Å². The Bertz CT molecular complexity index is 843. The number of hydrogen-bond acceptors (Lipinski definition) is 2. The molecule has 5 atom stereocenters. The molecule has 0 amide bonds. The van der Waals surface area contributed by atoms with Crippen LogP contribution in [0.1, 0.15) is 57.6 Å². The highest BCUT2D eigenvalue weighted by molar-refractivity contribution is 5.69. The van der Waals surface area contributed by atoms with E-state index >= 15 is 0 Å². The molecule has 2 aromatic rings. The topological polar surface area (TPSA) is 38.1 Å². The van der Waals surface area contributed by atoms with Crippen molar-refractivity contribution in [1.29, 1.82) is 0 Å². The molecule has 2 aliphatic rings. The number of aromatic nitrogens is 2. The van der Waals surface area contributed by atoms with Gasteiger partial charge in [0, 0.05) is 11.1 Å². The van der Waals surface area contributed by atoms with Crippen molar-refractivity contribution in [3.8, 4) is 11.3 Å². The summed E-state index contributed by atoms with van der Waals surface area (Å²) in [5.74, 6) is 1.68. The van der Waals surface area contributed by atoms with Crippen LogP contribution in [0.4, 0.5) is 4.39 Å². The van der Waals surface area contributed by atoms with Crippen LogP contribution in [0.25, 0.3) is 11.3 Å². The second-order valence-corrected chi connectivity index (χ2v) is 8.60. The molecule has 27 heavy (non-hydrogen) atoms. The van der Waals surface area contributed by atoms with Crippen molar-refractivity contribution >= 4 is 0 Å². The number of aliphatic hydroxyl groups is 1. The summed E-state index contributed by atoms with van der Waals surface area (Å²) in [5.41, 5.74) is 3.88. The highest BCUT2D eigenvalue weighted by Crippen LogP contribution is 2.43. The maximum Gasteiger partial charge on any atom is 0.129 e. The minimum absolute atomic E-state index is 0.172. The van der Waals surface area contributed by atoms with Gasteiger partial charge in [0.2, 0.25) is 0 Å². The third kappa shape index (κ3) is 3.36. The molecule has 1 aromatic heterocycles. The monoisotopic (exact) mass is 368 g/mol. The lowest BCUT2D eigenvalue weighted by molar-refractivity contribution is 0.126. The molecule has 4 rings (SSSR count). The summed E-state index contributed by atoms with van der Waals surface area (Å²) in [6.07, 6.45) is 7.65. The van der Waals surface area contributed by atoms with E-state index in [4.69, 9.17) is 0 Å². The quantitative estimate of drug-likeness (QED) is 0.721. The van der Waals surface area contributed by atoms with Gasteiger partial charge in [-0.3, -0.25) is 0 Å². The summed E-state index contributed by atoms with van der Waals surface area (Å²) in [4.78, 5) is 4.22. The van der Waals surface area contributed by atoms with Crippen LogP contribution in [-0.2, 0) is 0 Å². The van der Waals surface area contributed by atoms with Crippen molar-refractivity contribution in [3.05, 3.63) is 54.3 Å². The number of rotatable bonds is 5. The van der Waals surface area contributed by atoms with Crippen LogP contribution in [0, 0.1) is 23.6 Å². The zero-order valence-electron chi connectivity index (χ0n) is 16.2. The largest absolute Gasteiger partial charge is 0.393 e. The molecule has 2 heterocycles. The molecule has 1 saturated carbocycles. The lowest BCUT2D eigenvalue weighted by Crippen LogP contribution is -2.24. The Morgan fingerprint density at radius 1 is 1.37 bits per heavy atom. The van der Waals surface area contributed by atoms with E-state index in [1.165, 1.54) is 18.1 Å². The molecule has 0 saturated heterocycles. The van der Waals surface area contributed by atoms with Crippen LogP contribution in [0.15, 0.2) is 42.9 Å². The summed E-state index contributed by atoms with van der Waals surface area (Å²) < 4.78 is 16.5. The fourth-order valence-electron chi connectivity index (χ4n) is 5.03. The Labute approximate surface area is 160 Å². The summed E-state index contributed by atoms with van der Waals surface area (Å²) in [6, 6.07) is 5.01. The smallest absolute Gasteiger partial charge is 0.129 e. The molecule has 5 unspecified atom stereocenters. The number of aliphatic hydroxyl groups excluding tert-OH is 1. The van der Waals surface area contributed by atoms with E-state index in [0.29, 0.717) is 29.7 Å². The predicted molar refractivity (Wildman–Crippen MR) is 106 cm³/mol. The highest BCUT2D eigenvalue weighted by Gasteiger charge is 2.33. The first-order valence-electron chi connectivity index (χ1n) is 10.1. The molecule has 0 bridgehead atoms. The Morgan fingerprint density at radius 3 is 2.96 bits per heavy atom. The second-order valence-electron chi connectivity index (χ2n) is 8.60. The molecule has 0 spiro atoms. The first kappa shape index (κ1) is 18.4. The predicted octanol–water partition coefficient (Wildman–Crippen LogP) is 5.36. The second kappa shape index (κ2) is 7.23. The van der Waals surface area contributed by atoms with Gasteiger partial charge in [-0.25, -0.2) is 9.37 Å². The average molecular weight is 368 g/mol. The Balaban J connectivity index is 1.42. The molecule has 1 aromatic carbocycles. The summed E-state index contributed by atoms with van der Waals surface area (Å²) in [7, 11) is 0. The van der Waals surface area contributed by atoms with Crippen LogP contribution in [0.5, 0.6) is 0 Å². The van der Waals surface area contributed by atoms with Gasteiger partial charge in [0.1, 0.15) is 5.82 Å². The van der Waals surface area contributed by atoms with Gasteiger partial charge in [0.05, 0.1) is 30.4 Å². The van der Waals surface area contributed by atoms with E-state index in [0.717, 1.165) is 30.5 Å². The van der Waals surface area contributed by atoms with Gasteiger partial charge in [0.25, 0.3) is 0 Å². The molecule has 4 heteroatoms.